The van der Waals surface area contributed by atoms with E-state index >= 15 is 4.39 Å². The molecule has 3 fully saturated rings. The summed E-state index contributed by atoms with van der Waals surface area (Å²) < 4.78 is 31.0. The van der Waals surface area contributed by atoms with Crippen molar-refractivity contribution in [2.24, 2.45) is 17.8 Å². The minimum atomic E-state index is -0.917. The molecule has 2 bridgehead atoms. The molecule has 7 rings (SSSR count). The Hall–Kier alpha value is -3.84. The number of H-pyrrole nitrogens is 1. The Morgan fingerprint density at radius 3 is 2.71 bits per heavy atom. The van der Waals surface area contributed by atoms with Crippen LogP contribution in [0.5, 0.6) is 0 Å². The first-order chi connectivity index (χ1) is 19.9. The highest BCUT2D eigenvalue weighted by molar-refractivity contribution is 7.13. The van der Waals surface area contributed by atoms with E-state index in [9.17, 15) is 9.59 Å². The minimum absolute atomic E-state index is 0.0270. The molecule has 3 aliphatic rings. The van der Waals surface area contributed by atoms with Gasteiger partial charge in [0.2, 0.25) is 6.79 Å². The van der Waals surface area contributed by atoms with Crippen molar-refractivity contribution in [1.82, 2.24) is 24.9 Å². The van der Waals surface area contributed by atoms with Crippen LogP contribution >= 0.6 is 22.9 Å². The quantitative estimate of drug-likeness (QED) is 0.187. The summed E-state index contributed by atoms with van der Waals surface area (Å²) in [5.74, 6) is -1.38. The third-order valence-electron chi connectivity index (χ3n) is 7.63. The largest absolute Gasteiger partial charge is 0.511 e. The van der Waals surface area contributed by atoms with E-state index in [4.69, 9.17) is 25.8 Å². The third-order valence-corrected chi connectivity index (χ3v) is 8.69. The lowest BCUT2D eigenvalue weighted by Gasteiger charge is -2.47. The van der Waals surface area contributed by atoms with E-state index in [0.29, 0.717) is 21.6 Å². The zero-order valence-electron chi connectivity index (χ0n) is 21.9. The van der Waals surface area contributed by atoms with Crippen LogP contribution < -0.4 is 5.32 Å². The van der Waals surface area contributed by atoms with Crippen molar-refractivity contribution >= 4 is 52.0 Å². The molecular formula is C27H26ClFN6O5S. The lowest BCUT2D eigenvalue weighted by Crippen LogP contribution is -2.52. The first kappa shape index (κ1) is 27.3. The van der Waals surface area contributed by atoms with Gasteiger partial charge in [0.1, 0.15) is 16.4 Å². The van der Waals surface area contributed by atoms with Crippen molar-refractivity contribution in [3.8, 4) is 22.0 Å². The number of carbonyl (C=O) groups is 2. The average Bonchev–Trinajstić information content (AvgIpc) is 3.65. The molecule has 4 aromatic heterocycles. The van der Waals surface area contributed by atoms with Gasteiger partial charge in [-0.15, -0.1) is 11.3 Å². The Kier molecular flexibility index (Phi) is 7.71. The second-order valence-electron chi connectivity index (χ2n) is 9.91. The molecule has 4 aromatic rings. The van der Waals surface area contributed by atoms with E-state index in [1.165, 1.54) is 17.5 Å². The smallest absolute Gasteiger partial charge is 0.435 e. The molecule has 4 heterocycles. The van der Waals surface area contributed by atoms with Gasteiger partial charge in [-0.25, -0.2) is 29.1 Å². The highest BCUT2D eigenvalue weighted by Gasteiger charge is 2.48. The lowest BCUT2D eigenvalue weighted by molar-refractivity contribution is -0.164. The Balaban J connectivity index is 1.35. The number of aromatic amines is 1. The number of anilines is 1. The van der Waals surface area contributed by atoms with Gasteiger partial charge in [0, 0.05) is 12.2 Å². The monoisotopic (exact) mass is 600 g/mol. The standard InChI is InChI=1S/C27H26ClFN6O5S/c1-2-38-27(37)40-12-39-26(36)18-13-5-7-14(8-6-13)20(18)33-24-19(29)22(16-4-3-9-41-16)34-23(35-24)15-10-30-25-21(15)32-17(28)11-31-25/h3-4,9-11,13-14,18,20H,2,5-8,12H2,1H3,(H,30,31)(H,33,34,35)/t13?,14?,18-,20-/m1/s1. The van der Waals surface area contributed by atoms with Crippen molar-refractivity contribution in [1.29, 1.82) is 0 Å². The molecule has 0 saturated heterocycles. The van der Waals surface area contributed by atoms with Crippen LogP contribution in [0.4, 0.5) is 15.0 Å². The van der Waals surface area contributed by atoms with Gasteiger partial charge < -0.3 is 24.5 Å². The molecule has 14 heteroatoms. The van der Waals surface area contributed by atoms with Crippen LogP contribution in [0.3, 0.4) is 0 Å². The fourth-order valence-electron chi connectivity index (χ4n) is 5.83. The number of nitrogens with zero attached hydrogens (tertiary/aromatic N) is 4. The molecule has 0 aliphatic heterocycles. The molecule has 2 N–H and O–H groups in total. The van der Waals surface area contributed by atoms with Gasteiger partial charge in [0.15, 0.2) is 23.1 Å². The summed E-state index contributed by atoms with van der Waals surface area (Å²) in [7, 11) is 0. The highest BCUT2D eigenvalue weighted by Crippen LogP contribution is 2.47. The number of hydrogen-bond donors (Lipinski definition) is 2. The third kappa shape index (κ3) is 5.43. The van der Waals surface area contributed by atoms with E-state index in [-0.39, 0.29) is 40.9 Å². The second-order valence-corrected chi connectivity index (χ2v) is 11.2. The second kappa shape index (κ2) is 11.6. The topological polar surface area (TPSA) is 141 Å². The van der Waals surface area contributed by atoms with Crippen LogP contribution in [0.15, 0.2) is 29.9 Å². The van der Waals surface area contributed by atoms with Crippen molar-refractivity contribution < 1.29 is 28.2 Å². The summed E-state index contributed by atoms with van der Waals surface area (Å²) in [4.78, 5) is 46.2. The summed E-state index contributed by atoms with van der Waals surface area (Å²) in [5, 5.41) is 5.30. The number of fused-ring (bicyclic) bond motifs is 4. The van der Waals surface area contributed by atoms with Crippen LogP contribution in [0, 0.1) is 23.6 Å². The Morgan fingerprint density at radius 1 is 1.15 bits per heavy atom. The highest BCUT2D eigenvalue weighted by atomic mass is 35.5. The van der Waals surface area contributed by atoms with Crippen LogP contribution in [-0.4, -0.2) is 56.5 Å². The van der Waals surface area contributed by atoms with Gasteiger partial charge >= 0.3 is 12.1 Å². The lowest BCUT2D eigenvalue weighted by atomic mass is 9.61. The van der Waals surface area contributed by atoms with Crippen molar-refractivity contribution in [3.05, 3.63) is 40.9 Å². The zero-order valence-corrected chi connectivity index (χ0v) is 23.5. The van der Waals surface area contributed by atoms with E-state index in [0.717, 1.165) is 25.7 Å². The number of aromatic nitrogens is 5. The number of esters is 1. The summed E-state index contributed by atoms with van der Waals surface area (Å²) in [6.45, 7) is 1.23. The summed E-state index contributed by atoms with van der Waals surface area (Å²) >= 11 is 7.46. The molecule has 0 aromatic carbocycles. The van der Waals surface area contributed by atoms with Gasteiger partial charge in [-0.3, -0.25) is 4.79 Å². The average molecular weight is 601 g/mol. The number of hydrogen-bond acceptors (Lipinski definition) is 11. The van der Waals surface area contributed by atoms with E-state index in [2.05, 4.69) is 30.2 Å². The SMILES string of the molecule is CCOC(=O)OCOC(=O)[C@@H]1C2CCC(CC2)[C@H]1Nc1nc(-c2c[nH]c3ncc(Cl)nc23)nc(-c2cccs2)c1F. The molecular weight excluding hydrogens is 575 g/mol. The van der Waals surface area contributed by atoms with Crippen molar-refractivity contribution in [3.63, 3.8) is 0 Å². The molecule has 0 unspecified atom stereocenters. The molecule has 41 heavy (non-hydrogen) atoms. The zero-order chi connectivity index (χ0) is 28.5. The number of halogens is 2. The van der Waals surface area contributed by atoms with Crippen LogP contribution in [0.25, 0.3) is 33.1 Å². The maximum atomic E-state index is 16.1. The fourth-order valence-corrected chi connectivity index (χ4v) is 6.67. The molecule has 0 amide bonds. The predicted octanol–water partition coefficient (Wildman–Crippen LogP) is 5.83. The number of thiophene rings is 1. The number of carbonyl (C=O) groups excluding carboxylic acids is 2. The Labute approximate surface area is 242 Å². The van der Waals surface area contributed by atoms with Gasteiger partial charge in [0.05, 0.1) is 29.2 Å². The molecule has 11 nitrogen and oxygen atoms in total. The Morgan fingerprint density at radius 2 is 1.95 bits per heavy atom. The van der Waals surface area contributed by atoms with Crippen LogP contribution in [0.2, 0.25) is 5.15 Å². The molecule has 3 saturated carbocycles. The molecule has 3 aliphatic carbocycles. The van der Waals surface area contributed by atoms with E-state index in [1.54, 1.807) is 19.2 Å². The summed E-state index contributed by atoms with van der Waals surface area (Å²) in [6.07, 6.45) is 5.65. The minimum Gasteiger partial charge on any atom is -0.435 e. The molecule has 0 spiro atoms. The summed E-state index contributed by atoms with van der Waals surface area (Å²) in [5.41, 5.74) is 1.57. The van der Waals surface area contributed by atoms with Crippen LogP contribution in [0.1, 0.15) is 32.6 Å². The number of rotatable bonds is 8. The van der Waals surface area contributed by atoms with Gasteiger partial charge in [-0.1, -0.05) is 17.7 Å². The molecule has 214 valence electrons. The molecule has 2 atom stereocenters. The summed E-state index contributed by atoms with van der Waals surface area (Å²) in [6, 6.07) is 3.15. The fraction of sp³-hybridized carbons (Fsp3) is 0.407. The predicted molar refractivity (Wildman–Crippen MR) is 149 cm³/mol. The normalized spacial score (nSPS) is 21.5. The first-order valence-electron chi connectivity index (χ1n) is 13.3. The van der Waals surface area contributed by atoms with Crippen molar-refractivity contribution in [2.75, 3.05) is 18.7 Å². The number of nitrogens with one attached hydrogen (secondary N) is 2. The van der Waals surface area contributed by atoms with Gasteiger partial charge in [-0.05, 0) is 55.9 Å². The maximum Gasteiger partial charge on any atom is 0.511 e. The van der Waals surface area contributed by atoms with E-state index < -0.39 is 36.7 Å². The van der Waals surface area contributed by atoms with Gasteiger partial charge in [0.25, 0.3) is 0 Å². The first-order valence-corrected chi connectivity index (χ1v) is 14.5. The van der Waals surface area contributed by atoms with Crippen LogP contribution in [-0.2, 0) is 19.0 Å². The van der Waals surface area contributed by atoms with Crippen molar-refractivity contribution in [2.45, 2.75) is 38.6 Å². The van der Waals surface area contributed by atoms with Gasteiger partial charge in [-0.2, -0.15) is 0 Å². The molecule has 0 radical (unpaired) electrons. The van der Waals surface area contributed by atoms with E-state index in [1.807, 2.05) is 11.4 Å². The number of ether oxygens (including phenoxy) is 3. The maximum absolute atomic E-state index is 16.1. The Bertz CT molecular complexity index is 1580.